The van der Waals surface area contributed by atoms with E-state index in [4.69, 9.17) is 11.5 Å². The SMILES string of the molecule is NCC1CCCN1c1ccc(C(N)=O)cc1F. The third-order valence-electron chi connectivity index (χ3n) is 3.19. The van der Waals surface area contributed by atoms with Crippen LogP contribution in [-0.4, -0.2) is 25.0 Å². The second-order valence-electron chi connectivity index (χ2n) is 4.26. The first-order chi connectivity index (χ1) is 8.13. The molecule has 4 N–H and O–H groups in total. The van der Waals surface area contributed by atoms with Crippen LogP contribution < -0.4 is 16.4 Å². The molecule has 0 aliphatic carbocycles. The van der Waals surface area contributed by atoms with Gasteiger partial charge in [0.15, 0.2) is 0 Å². The molecule has 1 amide bonds. The largest absolute Gasteiger partial charge is 0.366 e. The molecule has 1 aromatic rings. The van der Waals surface area contributed by atoms with Gasteiger partial charge in [0.05, 0.1) is 5.69 Å². The molecule has 1 unspecified atom stereocenters. The number of anilines is 1. The van der Waals surface area contributed by atoms with Gasteiger partial charge in [-0.2, -0.15) is 0 Å². The summed E-state index contributed by atoms with van der Waals surface area (Å²) in [6.07, 6.45) is 1.99. The molecule has 4 nitrogen and oxygen atoms in total. The summed E-state index contributed by atoms with van der Waals surface area (Å²) in [5.74, 6) is -1.03. The van der Waals surface area contributed by atoms with Gasteiger partial charge < -0.3 is 16.4 Å². The van der Waals surface area contributed by atoms with Crippen LogP contribution in [0.1, 0.15) is 23.2 Å². The number of hydrogen-bond acceptors (Lipinski definition) is 3. The Labute approximate surface area is 99.4 Å². The Morgan fingerprint density at radius 3 is 2.88 bits per heavy atom. The quantitative estimate of drug-likeness (QED) is 0.818. The van der Waals surface area contributed by atoms with Crippen LogP contribution in [0, 0.1) is 5.82 Å². The molecule has 0 bridgehead atoms. The first kappa shape index (κ1) is 11.9. The van der Waals surface area contributed by atoms with E-state index in [1.165, 1.54) is 6.07 Å². The smallest absolute Gasteiger partial charge is 0.248 e. The summed E-state index contributed by atoms with van der Waals surface area (Å²) < 4.78 is 13.9. The van der Waals surface area contributed by atoms with Gasteiger partial charge in [-0.25, -0.2) is 4.39 Å². The van der Waals surface area contributed by atoms with Crippen LogP contribution in [0.4, 0.5) is 10.1 Å². The number of amides is 1. The van der Waals surface area contributed by atoms with E-state index in [0.29, 0.717) is 12.2 Å². The Morgan fingerprint density at radius 2 is 2.29 bits per heavy atom. The fourth-order valence-electron chi connectivity index (χ4n) is 2.29. The summed E-state index contributed by atoms with van der Waals surface area (Å²) in [6.45, 7) is 1.31. The zero-order chi connectivity index (χ0) is 12.4. The molecule has 1 atom stereocenters. The molecule has 1 fully saturated rings. The molecule has 0 radical (unpaired) electrons. The zero-order valence-electron chi connectivity index (χ0n) is 9.53. The number of nitrogens with two attached hydrogens (primary N) is 2. The maximum absolute atomic E-state index is 13.9. The molecule has 5 heteroatoms. The summed E-state index contributed by atoms with van der Waals surface area (Å²) in [6, 6.07) is 4.52. The van der Waals surface area contributed by atoms with Gasteiger partial charge in [-0.1, -0.05) is 0 Å². The average molecular weight is 237 g/mol. The second kappa shape index (κ2) is 4.71. The molecule has 2 rings (SSSR count). The maximum Gasteiger partial charge on any atom is 0.248 e. The Hall–Kier alpha value is -1.62. The van der Waals surface area contributed by atoms with E-state index in [2.05, 4.69) is 0 Å². The number of nitrogens with zero attached hydrogens (tertiary/aromatic N) is 1. The van der Waals surface area contributed by atoms with E-state index in [1.807, 2.05) is 4.90 Å². The monoisotopic (exact) mass is 237 g/mol. The minimum atomic E-state index is -0.618. The summed E-state index contributed by atoms with van der Waals surface area (Å²) in [4.78, 5) is 12.9. The minimum Gasteiger partial charge on any atom is -0.366 e. The molecule has 1 aliphatic rings. The number of carbonyl (C=O) groups excluding carboxylic acids is 1. The molecule has 0 spiro atoms. The van der Waals surface area contributed by atoms with Crippen LogP contribution in [0.3, 0.4) is 0 Å². The standard InChI is InChI=1S/C12H16FN3O/c13-10-6-8(12(15)17)3-4-11(10)16-5-1-2-9(16)7-14/h3-4,6,9H,1-2,5,7,14H2,(H2,15,17). The number of hydrogen-bond donors (Lipinski definition) is 2. The second-order valence-corrected chi connectivity index (χ2v) is 4.26. The van der Waals surface area contributed by atoms with Crippen LogP contribution in [0.5, 0.6) is 0 Å². The highest BCUT2D eigenvalue weighted by atomic mass is 19.1. The van der Waals surface area contributed by atoms with Gasteiger partial charge in [0.1, 0.15) is 5.82 Å². The highest BCUT2D eigenvalue weighted by Gasteiger charge is 2.25. The van der Waals surface area contributed by atoms with Crippen molar-refractivity contribution >= 4 is 11.6 Å². The van der Waals surface area contributed by atoms with Crippen molar-refractivity contribution in [3.63, 3.8) is 0 Å². The fraction of sp³-hybridized carbons (Fsp3) is 0.417. The maximum atomic E-state index is 13.9. The number of rotatable bonds is 3. The summed E-state index contributed by atoms with van der Waals surface area (Å²) in [5, 5.41) is 0. The molecule has 17 heavy (non-hydrogen) atoms. The van der Waals surface area contributed by atoms with Gasteiger partial charge in [-0.05, 0) is 31.0 Å². The zero-order valence-corrected chi connectivity index (χ0v) is 9.53. The lowest BCUT2D eigenvalue weighted by Crippen LogP contribution is -2.35. The lowest BCUT2D eigenvalue weighted by molar-refractivity contribution is 0.1000. The lowest BCUT2D eigenvalue weighted by Gasteiger charge is -2.26. The average Bonchev–Trinajstić information content (AvgIpc) is 2.76. The van der Waals surface area contributed by atoms with E-state index in [9.17, 15) is 9.18 Å². The number of benzene rings is 1. The van der Waals surface area contributed by atoms with E-state index in [1.54, 1.807) is 12.1 Å². The van der Waals surface area contributed by atoms with Crippen molar-refractivity contribution in [3.8, 4) is 0 Å². The van der Waals surface area contributed by atoms with Crippen LogP contribution in [-0.2, 0) is 0 Å². The molecule has 0 saturated carbocycles. The van der Waals surface area contributed by atoms with E-state index >= 15 is 0 Å². The third-order valence-corrected chi connectivity index (χ3v) is 3.19. The van der Waals surface area contributed by atoms with Crippen molar-refractivity contribution < 1.29 is 9.18 Å². The summed E-state index contributed by atoms with van der Waals surface area (Å²) in [5.41, 5.74) is 11.4. The normalized spacial score (nSPS) is 19.6. The van der Waals surface area contributed by atoms with Crippen LogP contribution in [0.15, 0.2) is 18.2 Å². The topological polar surface area (TPSA) is 72.3 Å². The van der Waals surface area contributed by atoms with Crippen molar-refractivity contribution in [1.29, 1.82) is 0 Å². The minimum absolute atomic E-state index is 0.184. The predicted molar refractivity (Wildman–Crippen MR) is 64.3 cm³/mol. The van der Waals surface area contributed by atoms with E-state index in [0.717, 1.165) is 19.4 Å². The van der Waals surface area contributed by atoms with Gasteiger partial charge in [0.2, 0.25) is 5.91 Å². The van der Waals surface area contributed by atoms with Gasteiger partial charge in [0.25, 0.3) is 0 Å². The van der Waals surface area contributed by atoms with Gasteiger partial charge in [-0.15, -0.1) is 0 Å². The van der Waals surface area contributed by atoms with Crippen molar-refractivity contribution in [2.75, 3.05) is 18.0 Å². The van der Waals surface area contributed by atoms with Crippen LogP contribution in [0.25, 0.3) is 0 Å². The fourth-order valence-corrected chi connectivity index (χ4v) is 2.29. The van der Waals surface area contributed by atoms with Gasteiger partial charge >= 0.3 is 0 Å². The Kier molecular flexibility index (Phi) is 3.28. The lowest BCUT2D eigenvalue weighted by atomic mass is 10.1. The van der Waals surface area contributed by atoms with E-state index in [-0.39, 0.29) is 11.6 Å². The highest BCUT2D eigenvalue weighted by Crippen LogP contribution is 2.28. The van der Waals surface area contributed by atoms with Crippen molar-refractivity contribution in [2.24, 2.45) is 11.5 Å². The van der Waals surface area contributed by atoms with Crippen molar-refractivity contribution in [2.45, 2.75) is 18.9 Å². The van der Waals surface area contributed by atoms with Gasteiger partial charge in [0, 0.05) is 24.7 Å². The van der Waals surface area contributed by atoms with Crippen LogP contribution in [0.2, 0.25) is 0 Å². The van der Waals surface area contributed by atoms with Crippen molar-refractivity contribution in [1.82, 2.24) is 0 Å². The first-order valence-electron chi connectivity index (χ1n) is 5.69. The van der Waals surface area contributed by atoms with E-state index < -0.39 is 11.7 Å². The molecule has 1 aliphatic heterocycles. The molecule has 1 saturated heterocycles. The highest BCUT2D eigenvalue weighted by molar-refractivity contribution is 5.93. The summed E-state index contributed by atoms with van der Waals surface area (Å²) >= 11 is 0. The predicted octanol–water partition coefficient (Wildman–Crippen LogP) is 0.852. The first-order valence-corrected chi connectivity index (χ1v) is 5.69. The Bertz CT molecular complexity index is 436. The number of primary amides is 1. The molecular formula is C12H16FN3O. The Morgan fingerprint density at radius 1 is 1.53 bits per heavy atom. The Balaban J connectivity index is 2.30. The number of halogens is 1. The van der Waals surface area contributed by atoms with Gasteiger partial charge in [-0.3, -0.25) is 4.79 Å². The molecule has 92 valence electrons. The molecule has 0 aromatic heterocycles. The molecule has 1 aromatic carbocycles. The molecular weight excluding hydrogens is 221 g/mol. The van der Waals surface area contributed by atoms with Crippen molar-refractivity contribution in [3.05, 3.63) is 29.6 Å². The van der Waals surface area contributed by atoms with Crippen LogP contribution >= 0.6 is 0 Å². The third kappa shape index (κ3) is 2.24. The summed E-state index contributed by atoms with van der Waals surface area (Å²) in [7, 11) is 0. The molecule has 1 heterocycles. The number of carbonyl (C=O) groups is 1.